The molecule has 6 nitrogen and oxygen atoms in total. The molecule has 0 aliphatic carbocycles. The zero-order valence-electron chi connectivity index (χ0n) is 17.6. The number of hydrogen-bond donors (Lipinski definition) is 2. The van der Waals surface area contributed by atoms with Crippen LogP contribution in [0.25, 0.3) is 0 Å². The van der Waals surface area contributed by atoms with Crippen LogP contribution in [0.4, 0.5) is 5.82 Å². The van der Waals surface area contributed by atoms with E-state index in [4.69, 9.17) is 4.98 Å². The second-order valence-electron chi connectivity index (χ2n) is 7.66. The quantitative estimate of drug-likeness (QED) is 0.600. The third-order valence-electron chi connectivity index (χ3n) is 4.86. The van der Waals surface area contributed by atoms with Crippen molar-refractivity contribution in [1.29, 1.82) is 0 Å². The van der Waals surface area contributed by atoms with Gasteiger partial charge in [-0.2, -0.15) is 5.10 Å². The van der Waals surface area contributed by atoms with Gasteiger partial charge in [-0.05, 0) is 45.0 Å². The molecule has 2 aromatic rings. The van der Waals surface area contributed by atoms with E-state index in [0.29, 0.717) is 5.92 Å². The molecule has 2 N–H and O–H groups in total. The zero-order valence-corrected chi connectivity index (χ0v) is 17.6. The topological polar surface area (TPSA) is 60.1 Å². The number of hydrogen-bond acceptors (Lipinski definition) is 5. The SMILES string of the molecule is CCN(CCC(C)C)c1ccc(Cc2n[nH]cc2CN(C)CCNC)cn1. The fourth-order valence-corrected chi connectivity index (χ4v) is 3.06. The molecule has 0 fully saturated rings. The standard InChI is InChI=1S/C21H36N6/c1-6-27(11-9-17(2)3)21-8-7-18(14-23-21)13-20-19(15-24-25-20)16-26(5)12-10-22-4/h7-8,14-15,17,22H,6,9-13,16H2,1-5H3,(H,24,25). The molecule has 0 unspecified atom stereocenters. The molecule has 2 heterocycles. The number of nitrogens with one attached hydrogen (secondary N) is 2. The van der Waals surface area contributed by atoms with Crippen LogP contribution in [-0.4, -0.2) is 60.4 Å². The van der Waals surface area contributed by atoms with E-state index in [2.05, 4.69) is 65.3 Å². The molecule has 0 spiro atoms. The average Bonchev–Trinajstić information content (AvgIpc) is 3.08. The van der Waals surface area contributed by atoms with E-state index in [1.54, 1.807) is 0 Å². The molecule has 0 amide bonds. The van der Waals surface area contributed by atoms with Crippen molar-refractivity contribution >= 4 is 5.82 Å². The highest BCUT2D eigenvalue weighted by molar-refractivity contribution is 5.40. The van der Waals surface area contributed by atoms with Gasteiger partial charge in [0.25, 0.3) is 0 Å². The van der Waals surface area contributed by atoms with E-state index >= 15 is 0 Å². The highest BCUT2D eigenvalue weighted by Gasteiger charge is 2.11. The minimum atomic E-state index is 0.711. The number of H-pyrrole nitrogens is 1. The summed E-state index contributed by atoms with van der Waals surface area (Å²) in [5, 5.41) is 10.7. The Hall–Kier alpha value is -1.92. The fraction of sp³-hybridized carbons (Fsp3) is 0.619. The van der Waals surface area contributed by atoms with E-state index in [0.717, 1.165) is 50.7 Å². The molecule has 2 rings (SSSR count). The Kier molecular flexibility index (Phi) is 8.75. The first kappa shape index (κ1) is 21.4. The van der Waals surface area contributed by atoms with E-state index in [-0.39, 0.29) is 0 Å². The van der Waals surface area contributed by atoms with Crippen molar-refractivity contribution in [3.05, 3.63) is 41.3 Å². The molecule has 0 radical (unpaired) electrons. The summed E-state index contributed by atoms with van der Waals surface area (Å²) in [6.07, 6.45) is 6.01. The van der Waals surface area contributed by atoms with Gasteiger partial charge in [-0.1, -0.05) is 19.9 Å². The van der Waals surface area contributed by atoms with Gasteiger partial charge in [0.1, 0.15) is 5.82 Å². The lowest BCUT2D eigenvalue weighted by Crippen LogP contribution is -2.27. The highest BCUT2D eigenvalue weighted by atomic mass is 15.2. The summed E-state index contributed by atoms with van der Waals surface area (Å²) in [6, 6.07) is 4.33. The number of aromatic nitrogens is 3. The molecule has 2 aromatic heterocycles. The molecule has 0 saturated carbocycles. The normalized spacial score (nSPS) is 11.5. The monoisotopic (exact) mass is 372 g/mol. The number of rotatable bonds is 12. The lowest BCUT2D eigenvalue weighted by atomic mass is 10.1. The Morgan fingerprint density at radius 1 is 1.22 bits per heavy atom. The first-order valence-corrected chi connectivity index (χ1v) is 10.1. The second kappa shape index (κ2) is 11.0. The van der Waals surface area contributed by atoms with Gasteiger partial charge >= 0.3 is 0 Å². The third-order valence-corrected chi connectivity index (χ3v) is 4.86. The van der Waals surface area contributed by atoms with Crippen molar-refractivity contribution < 1.29 is 0 Å². The van der Waals surface area contributed by atoms with Crippen molar-refractivity contribution in [2.45, 2.75) is 40.2 Å². The summed E-state index contributed by atoms with van der Waals surface area (Å²) >= 11 is 0. The molecule has 0 aliphatic rings. The van der Waals surface area contributed by atoms with Crippen molar-refractivity contribution in [2.24, 2.45) is 5.92 Å². The lowest BCUT2D eigenvalue weighted by Gasteiger charge is -2.23. The Balaban J connectivity index is 1.97. The van der Waals surface area contributed by atoms with Crippen LogP contribution in [0.15, 0.2) is 24.5 Å². The summed E-state index contributed by atoms with van der Waals surface area (Å²) in [4.78, 5) is 9.36. The molecule has 0 aromatic carbocycles. The molecule has 0 bridgehead atoms. The van der Waals surface area contributed by atoms with E-state index in [9.17, 15) is 0 Å². The molecular weight excluding hydrogens is 336 g/mol. The molecule has 0 aliphatic heterocycles. The van der Waals surface area contributed by atoms with Gasteiger partial charge in [-0.3, -0.25) is 5.10 Å². The van der Waals surface area contributed by atoms with Gasteiger partial charge in [-0.15, -0.1) is 0 Å². The van der Waals surface area contributed by atoms with Crippen LogP contribution in [0.2, 0.25) is 0 Å². The van der Waals surface area contributed by atoms with Crippen LogP contribution >= 0.6 is 0 Å². The number of anilines is 1. The fourth-order valence-electron chi connectivity index (χ4n) is 3.06. The van der Waals surface area contributed by atoms with Gasteiger partial charge in [0.05, 0.1) is 5.69 Å². The Morgan fingerprint density at radius 2 is 2.04 bits per heavy atom. The number of pyridine rings is 1. The molecule has 27 heavy (non-hydrogen) atoms. The van der Waals surface area contributed by atoms with Crippen LogP contribution in [0.1, 0.15) is 44.0 Å². The maximum absolute atomic E-state index is 4.71. The summed E-state index contributed by atoms with van der Waals surface area (Å²) < 4.78 is 0. The van der Waals surface area contributed by atoms with Crippen LogP contribution in [0, 0.1) is 5.92 Å². The van der Waals surface area contributed by atoms with Crippen molar-refractivity contribution in [2.75, 3.05) is 45.2 Å². The van der Waals surface area contributed by atoms with Gasteiger partial charge in [0.15, 0.2) is 0 Å². The molecule has 0 saturated heterocycles. The van der Waals surface area contributed by atoms with Gasteiger partial charge in [0, 0.05) is 57.1 Å². The lowest BCUT2D eigenvalue weighted by molar-refractivity contribution is 0.327. The Labute approximate surface area is 164 Å². The first-order chi connectivity index (χ1) is 13.0. The smallest absolute Gasteiger partial charge is 0.128 e. The van der Waals surface area contributed by atoms with Crippen molar-refractivity contribution in [3.63, 3.8) is 0 Å². The number of likely N-dealkylation sites (N-methyl/N-ethyl adjacent to an activating group) is 2. The summed E-state index contributed by atoms with van der Waals surface area (Å²) in [5.41, 5.74) is 3.56. The van der Waals surface area contributed by atoms with E-state index < -0.39 is 0 Å². The largest absolute Gasteiger partial charge is 0.357 e. The first-order valence-electron chi connectivity index (χ1n) is 10.1. The van der Waals surface area contributed by atoms with E-state index in [1.807, 2.05) is 19.4 Å². The molecule has 6 heteroatoms. The highest BCUT2D eigenvalue weighted by Crippen LogP contribution is 2.17. The van der Waals surface area contributed by atoms with Crippen LogP contribution in [-0.2, 0) is 13.0 Å². The molecular formula is C21H36N6. The number of aromatic amines is 1. The van der Waals surface area contributed by atoms with E-state index in [1.165, 1.54) is 17.5 Å². The predicted octanol–water partition coefficient (Wildman–Crippen LogP) is 2.92. The summed E-state index contributed by atoms with van der Waals surface area (Å²) in [6.45, 7) is 11.7. The maximum Gasteiger partial charge on any atom is 0.128 e. The minimum Gasteiger partial charge on any atom is -0.357 e. The zero-order chi connectivity index (χ0) is 19.6. The van der Waals surface area contributed by atoms with Gasteiger partial charge in [-0.25, -0.2) is 4.98 Å². The van der Waals surface area contributed by atoms with Crippen LogP contribution in [0.3, 0.4) is 0 Å². The van der Waals surface area contributed by atoms with Gasteiger partial charge in [0.2, 0.25) is 0 Å². The molecule has 150 valence electrons. The maximum atomic E-state index is 4.71. The Bertz CT molecular complexity index is 649. The van der Waals surface area contributed by atoms with Crippen molar-refractivity contribution in [3.8, 4) is 0 Å². The Morgan fingerprint density at radius 3 is 2.67 bits per heavy atom. The van der Waals surface area contributed by atoms with Crippen LogP contribution < -0.4 is 10.2 Å². The summed E-state index contributed by atoms with van der Waals surface area (Å²) in [7, 11) is 4.12. The minimum absolute atomic E-state index is 0.711. The number of nitrogens with zero attached hydrogens (tertiary/aromatic N) is 4. The van der Waals surface area contributed by atoms with Crippen LogP contribution in [0.5, 0.6) is 0 Å². The van der Waals surface area contributed by atoms with Gasteiger partial charge < -0.3 is 15.1 Å². The molecule has 0 atom stereocenters. The second-order valence-corrected chi connectivity index (χ2v) is 7.66. The average molecular weight is 373 g/mol. The predicted molar refractivity (Wildman–Crippen MR) is 113 cm³/mol. The van der Waals surface area contributed by atoms with Crippen molar-refractivity contribution in [1.82, 2.24) is 25.4 Å². The summed E-state index contributed by atoms with van der Waals surface area (Å²) in [5.74, 6) is 1.78. The third kappa shape index (κ3) is 6.96.